The number of H-pyrrole nitrogens is 1. The molecule has 0 aliphatic carbocycles. The minimum atomic E-state index is -4.30. The fourth-order valence-corrected chi connectivity index (χ4v) is 7.38. The summed E-state index contributed by atoms with van der Waals surface area (Å²) in [5.74, 6) is 0.408. The van der Waals surface area contributed by atoms with Crippen molar-refractivity contribution in [1.82, 2.24) is 19.9 Å². The van der Waals surface area contributed by atoms with Crippen LogP contribution in [0.4, 0.5) is 4.79 Å². The Hall–Kier alpha value is -2.66. The van der Waals surface area contributed by atoms with Crippen molar-refractivity contribution in [3.63, 3.8) is 0 Å². The number of nitrogens with one attached hydrogen (secondary N) is 1. The van der Waals surface area contributed by atoms with Crippen molar-refractivity contribution in [1.29, 1.82) is 0 Å². The molecule has 0 aromatic carbocycles. The highest BCUT2D eigenvalue weighted by atomic mass is 32.3. The molecule has 140 valence electrons. The molecule has 0 radical (unpaired) electrons. The van der Waals surface area contributed by atoms with Crippen LogP contribution in [0.3, 0.4) is 0 Å². The second kappa shape index (κ2) is 5.20. The van der Waals surface area contributed by atoms with E-state index in [0.29, 0.717) is 18.7 Å². The number of amides is 1. The lowest BCUT2D eigenvalue weighted by Crippen LogP contribution is -2.45. The summed E-state index contributed by atoms with van der Waals surface area (Å²) >= 11 is 1.74. The maximum atomic E-state index is 13.9. The zero-order valence-corrected chi connectivity index (χ0v) is 15.5. The first-order chi connectivity index (χ1) is 12.9. The third kappa shape index (κ3) is 2.03. The number of carbonyl (C=O) groups excluding carboxylic acids is 1. The van der Waals surface area contributed by atoms with Crippen LogP contribution in [-0.2, 0) is 13.5 Å². The van der Waals surface area contributed by atoms with Crippen LogP contribution in [0, 0.1) is 0 Å². The number of aromatic amines is 1. The summed E-state index contributed by atoms with van der Waals surface area (Å²) in [6, 6.07) is 0. The van der Waals surface area contributed by atoms with E-state index in [0.717, 1.165) is 11.5 Å². The van der Waals surface area contributed by atoms with Crippen LogP contribution in [-0.4, -0.2) is 65.0 Å². The van der Waals surface area contributed by atoms with Crippen LogP contribution in [0.5, 0.6) is 0 Å². The third-order valence-electron chi connectivity index (χ3n) is 4.80. The number of carbonyl (C=O) groups is 2. The lowest BCUT2D eigenvalue weighted by atomic mass is 10.3. The molecule has 3 aliphatic rings. The van der Waals surface area contributed by atoms with Crippen LogP contribution in [0.15, 0.2) is 29.6 Å². The van der Waals surface area contributed by atoms with E-state index < -0.39 is 20.6 Å². The number of rotatable bonds is 2. The van der Waals surface area contributed by atoms with Gasteiger partial charge in [0.15, 0.2) is 5.65 Å². The Balaban J connectivity index is 1.60. The van der Waals surface area contributed by atoms with E-state index in [1.54, 1.807) is 22.7 Å². The van der Waals surface area contributed by atoms with Crippen LogP contribution in [0.1, 0.15) is 16.1 Å². The molecule has 0 unspecified atom stereocenters. The first-order valence-electron chi connectivity index (χ1n) is 8.17. The number of carboxylic acids is 1. The molecule has 9 nitrogen and oxygen atoms in total. The molecule has 0 saturated carbocycles. The number of aromatic carboxylic acids is 1. The number of hydrogen-bond acceptors (Lipinski definition) is 7. The molecule has 3 aliphatic heterocycles. The summed E-state index contributed by atoms with van der Waals surface area (Å²) < 4.78 is 19.4. The molecular formula is C16H14N4O5S2. The lowest BCUT2D eigenvalue weighted by molar-refractivity contribution is 0.0699. The van der Waals surface area contributed by atoms with Crippen molar-refractivity contribution in [2.24, 2.45) is 0 Å². The largest absolute Gasteiger partial charge is 0.478 e. The van der Waals surface area contributed by atoms with Crippen molar-refractivity contribution in [3.8, 4) is 0 Å². The van der Waals surface area contributed by atoms with Crippen LogP contribution in [0.25, 0.3) is 16.1 Å². The molecule has 2 fully saturated rings. The molecule has 2 saturated heterocycles. The fourth-order valence-electron chi connectivity index (χ4n) is 3.36. The molecule has 27 heavy (non-hydrogen) atoms. The van der Waals surface area contributed by atoms with E-state index in [1.165, 1.54) is 18.5 Å². The predicted octanol–water partition coefficient (Wildman–Crippen LogP) is 1.79. The highest BCUT2D eigenvalue weighted by molar-refractivity contribution is 8.42. The Bertz CT molecular complexity index is 1160. The normalized spacial score (nSPS) is 23.4. The van der Waals surface area contributed by atoms with E-state index in [9.17, 15) is 18.9 Å². The first-order valence-corrected chi connectivity index (χ1v) is 11.2. The van der Waals surface area contributed by atoms with Gasteiger partial charge in [-0.2, -0.15) is 16.0 Å². The highest BCUT2D eigenvalue weighted by Crippen LogP contribution is 2.67. The molecule has 0 bridgehead atoms. The van der Waals surface area contributed by atoms with Crippen molar-refractivity contribution in [2.75, 3.05) is 24.6 Å². The molecule has 2 N–H and O–H groups in total. The van der Waals surface area contributed by atoms with E-state index in [2.05, 4.69) is 15.0 Å². The number of carboxylic acid groups (broad SMARTS) is 1. The molecule has 0 spiro atoms. The third-order valence-corrected chi connectivity index (χ3v) is 9.08. The van der Waals surface area contributed by atoms with Crippen molar-refractivity contribution in [2.45, 2.75) is 0 Å². The van der Waals surface area contributed by atoms with Crippen LogP contribution >= 0.6 is 11.8 Å². The zero-order valence-electron chi connectivity index (χ0n) is 13.9. The minimum Gasteiger partial charge on any atom is -0.478 e. The maximum absolute atomic E-state index is 13.9. The number of hydrogen-bond donors (Lipinski definition) is 2. The summed E-state index contributed by atoms with van der Waals surface area (Å²) in [6.07, 6.45) is 5.73. The van der Waals surface area contributed by atoms with Crippen LogP contribution in [0.2, 0.25) is 0 Å². The summed E-state index contributed by atoms with van der Waals surface area (Å²) in [6.45, 7) is 1.02. The van der Waals surface area contributed by atoms with Crippen molar-refractivity contribution >= 4 is 48.4 Å². The van der Waals surface area contributed by atoms with E-state index >= 15 is 0 Å². The van der Waals surface area contributed by atoms with Gasteiger partial charge in [0, 0.05) is 46.2 Å². The number of allylic oxidation sites excluding steroid dienone is 2. The molecular weight excluding hydrogens is 392 g/mol. The average molecular weight is 406 g/mol. The number of fused-ring (bicyclic) bond motifs is 2. The number of thioether (sulfide) groups is 1. The van der Waals surface area contributed by atoms with E-state index in [4.69, 9.17) is 4.18 Å². The molecule has 5 heterocycles. The Morgan fingerprint density at radius 3 is 2.78 bits per heavy atom. The number of nitrogens with zero attached hydrogens (tertiary/aromatic N) is 3. The van der Waals surface area contributed by atoms with E-state index in [-0.39, 0.29) is 26.8 Å². The highest BCUT2D eigenvalue weighted by Gasteiger charge is 2.68. The Kier molecular flexibility index (Phi) is 3.18. The molecule has 5 rings (SSSR count). The quantitative estimate of drug-likeness (QED) is 0.722. The van der Waals surface area contributed by atoms with Gasteiger partial charge in [0.25, 0.3) is 5.09 Å². The minimum absolute atomic E-state index is 0.0470. The standard InChI is InChI=1S/C16H14N4O5S2/c21-15(22)9-7-17-14-13(9)19-10(8-18-14)11-1-2-12-25-27(11,12,24)16(23)20-3-5-26-6-4-20/h1-2,7-8H,3-6H2,(H,17,18)(H,21,22). The van der Waals surface area contributed by atoms with Gasteiger partial charge in [-0.15, -0.1) is 0 Å². The van der Waals surface area contributed by atoms with Gasteiger partial charge in [0.05, 0.1) is 6.20 Å². The zero-order chi connectivity index (χ0) is 18.8. The average Bonchev–Trinajstić information content (AvgIpc) is 2.99. The monoisotopic (exact) mass is 406 g/mol. The second-order valence-electron chi connectivity index (χ2n) is 6.30. The van der Waals surface area contributed by atoms with Gasteiger partial charge >= 0.3 is 11.2 Å². The summed E-state index contributed by atoms with van der Waals surface area (Å²) in [5, 5.41) is 8.90. The van der Waals surface area contributed by atoms with Crippen molar-refractivity contribution < 1.29 is 23.1 Å². The SMILES string of the molecule is O=C(O)c1c[nH]c2ncc(C3=CC=C4OS43(=O)C(=O)N3CCSCC3)nc12. The Morgan fingerprint density at radius 2 is 2.07 bits per heavy atom. The van der Waals surface area contributed by atoms with Crippen LogP contribution < -0.4 is 0 Å². The van der Waals surface area contributed by atoms with Gasteiger partial charge < -0.3 is 19.2 Å². The van der Waals surface area contributed by atoms with E-state index in [1.807, 2.05) is 0 Å². The summed E-state index contributed by atoms with van der Waals surface area (Å²) in [5.41, 5.74) is 0.560. The second-order valence-corrected chi connectivity index (χ2v) is 10.6. The smallest absolute Gasteiger partial charge is 0.351 e. The van der Waals surface area contributed by atoms with Crippen molar-refractivity contribution in [3.05, 3.63) is 40.9 Å². The Labute approximate surface area is 157 Å². The summed E-state index contributed by atoms with van der Waals surface area (Å²) in [7, 11) is -4.30. The van der Waals surface area contributed by atoms with Gasteiger partial charge in [-0.05, 0) is 6.08 Å². The maximum Gasteiger partial charge on any atom is 0.351 e. The molecule has 2 aromatic heterocycles. The molecule has 0 atom stereocenters. The first kappa shape index (κ1) is 16.5. The van der Waals surface area contributed by atoms with Gasteiger partial charge in [-0.3, -0.25) is 0 Å². The lowest BCUT2D eigenvalue weighted by Gasteiger charge is -2.32. The molecule has 1 amide bonds. The molecule has 11 heteroatoms. The van der Waals surface area contributed by atoms with Gasteiger partial charge in [0.1, 0.15) is 21.7 Å². The topological polar surface area (TPSA) is 129 Å². The fraction of sp³-hybridized carbons (Fsp3) is 0.250. The Morgan fingerprint density at radius 1 is 1.30 bits per heavy atom. The van der Waals surface area contributed by atoms with Gasteiger partial charge in [-0.1, -0.05) is 0 Å². The predicted molar refractivity (Wildman–Crippen MR) is 100 cm³/mol. The number of aromatic nitrogens is 3. The van der Waals surface area contributed by atoms with Gasteiger partial charge in [-0.25, -0.2) is 19.6 Å². The summed E-state index contributed by atoms with van der Waals surface area (Å²) in [4.78, 5) is 37.5. The molecule has 2 aromatic rings. The van der Waals surface area contributed by atoms with Gasteiger partial charge in [0.2, 0.25) is 0 Å².